The van der Waals surface area contributed by atoms with Gasteiger partial charge >= 0.3 is 0 Å². The van der Waals surface area contributed by atoms with E-state index < -0.39 is 0 Å². The summed E-state index contributed by atoms with van der Waals surface area (Å²) in [4.78, 5) is 5.87. The van der Waals surface area contributed by atoms with Crippen molar-refractivity contribution in [1.29, 1.82) is 0 Å². The number of hydrogen-bond acceptors (Lipinski definition) is 2. The van der Waals surface area contributed by atoms with E-state index >= 15 is 0 Å². The summed E-state index contributed by atoms with van der Waals surface area (Å²) in [6.07, 6.45) is 0. The third-order valence-corrected chi connectivity index (χ3v) is 2.46. The van der Waals surface area contributed by atoms with Crippen molar-refractivity contribution < 1.29 is 1.41 Å². The Balaban J connectivity index is 2.71. The molecule has 0 atom stereocenters. The van der Waals surface area contributed by atoms with Crippen molar-refractivity contribution in [2.45, 2.75) is 26.2 Å². The van der Waals surface area contributed by atoms with Gasteiger partial charge in [0.15, 0.2) is 1.41 Å². The van der Waals surface area contributed by atoms with Crippen molar-refractivity contribution in [3.05, 3.63) is 16.6 Å². The van der Waals surface area contributed by atoms with Gasteiger partial charge in [-0.15, -0.1) is 11.3 Å². The fraction of sp³-hybridized carbons (Fsp3) is 0.444. The van der Waals surface area contributed by atoms with Crippen molar-refractivity contribution in [3.63, 3.8) is 0 Å². The molecule has 0 spiro atoms. The van der Waals surface area contributed by atoms with E-state index in [0.717, 1.165) is 16.9 Å². The van der Waals surface area contributed by atoms with Crippen LogP contribution in [0.4, 0.5) is 0 Å². The van der Waals surface area contributed by atoms with E-state index in [9.17, 15) is 0 Å². The average Bonchev–Trinajstić information content (AvgIpc) is 2.51. The molecule has 2 heterocycles. The standard InChI is InChI=1S/C9H12N2S/c1-9(2,3)8-10-6-4-12-5-7(6)11-8/h4-5H,1-3H3,(H,10,11)/i/hD. The van der Waals surface area contributed by atoms with Crippen LogP contribution in [-0.4, -0.2) is 9.96 Å². The lowest BCUT2D eigenvalue weighted by Gasteiger charge is -2.13. The number of nitrogens with one attached hydrogen (secondary N) is 1. The van der Waals surface area contributed by atoms with Gasteiger partial charge in [0.05, 0.1) is 11.0 Å². The molecule has 0 bridgehead atoms. The largest absolute Gasteiger partial charge is 0.341 e. The number of thiophene rings is 1. The minimum Gasteiger partial charge on any atom is -0.341 e. The molecule has 0 aromatic carbocycles. The second-order valence-electron chi connectivity index (χ2n) is 3.94. The van der Waals surface area contributed by atoms with E-state index in [0.29, 0.717) is 0 Å². The molecular formula is C9H12N2S. The molecule has 0 unspecified atom stereocenters. The second kappa shape index (κ2) is 2.33. The second-order valence-corrected chi connectivity index (χ2v) is 4.68. The molecule has 0 radical (unpaired) electrons. The Morgan fingerprint density at radius 3 is 2.83 bits per heavy atom. The Hall–Kier alpha value is -0.830. The topological polar surface area (TPSA) is 28.7 Å². The number of hydrogen-bond donors (Lipinski definition) is 1. The van der Waals surface area contributed by atoms with E-state index in [1.165, 1.54) is 4.98 Å². The quantitative estimate of drug-likeness (QED) is 0.665. The third-order valence-electron chi connectivity index (χ3n) is 1.75. The van der Waals surface area contributed by atoms with Crippen molar-refractivity contribution in [2.75, 3.05) is 0 Å². The van der Waals surface area contributed by atoms with Crippen LogP contribution < -0.4 is 0 Å². The van der Waals surface area contributed by atoms with E-state index in [4.69, 9.17) is 1.41 Å². The van der Waals surface area contributed by atoms with Crippen LogP contribution in [0, 0.1) is 0 Å². The summed E-state index contributed by atoms with van der Waals surface area (Å²) < 4.78 is 7.85. The molecule has 3 heteroatoms. The molecule has 12 heavy (non-hydrogen) atoms. The molecule has 2 aromatic heterocycles. The van der Waals surface area contributed by atoms with Crippen LogP contribution in [0.1, 0.15) is 26.6 Å². The van der Waals surface area contributed by atoms with Gasteiger partial charge in [0, 0.05) is 16.2 Å². The average molecular weight is 181 g/mol. The van der Waals surface area contributed by atoms with Gasteiger partial charge in [-0.3, -0.25) is 0 Å². The normalized spacial score (nSPS) is 13.8. The number of fused-ring (bicyclic) bond motifs is 1. The van der Waals surface area contributed by atoms with Gasteiger partial charge in [0.25, 0.3) is 0 Å². The highest BCUT2D eigenvalue weighted by atomic mass is 32.1. The monoisotopic (exact) mass is 181 g/mol. The Morgan fingerprint density at radius 2 is 2.25 bits per heavy atom. The Labute approximate surface area is 77.1 Å². The van der Waals surface area contributed by atoms with Gasteiger partial charge in [-0.2, -0.15) is 0 Å². The Morgan fingerprint density at radius 1 is 1.50 bits per heavy atom. The van der Waals surface area contributed by atoms with Crippen molar-refractivity contribution in [3.8, 4) is 0 Å². The number of rotatable bonds is 0. The zero-order chi connectivity index (χ0) is 9.64. The fourth-order valence-corrected chi connectivity index (χ4v) is 1.71. The predicted octanol–water partition coefficient (Wildman–Crippen LogP) is 2.92. The third kappa shape index (κ3) is 1.14. The Bertz CT molecular complexity index is 436. The number of H-pyrrole nitrogens is 1. The molecule has 2 aromatic rings. The van der Waals surface area contributed by atoms with Crippen LogP contribution in [0.3, 0.4) is 0 Å². The van der Waals surface area contributed by atoms with Crippen LogP contribution in [0.5, 0.6) is 0 Å². The van der Waals surface area contributed by atoms with Gasteiger partial charge in [-0.1, -0.05) is 20.8 Å². The Kier molecular flexibility index (Phi) is 1.29. The first kappa shape index (κ1) is 6.66. The zero-order valence-electron chi connectivity index (χ0n) is 8.46. The maximum absolute atomic E-state index is 7.85. The minimum atomic E-state index is -0.0571. The molecule has 2 nitrogen and oxygen atoms in total. The maximum atomic E-state index is 7.85. The van der Waals surface area contributed by atoms with Crippen LogP contribution in [0.2, 0.25) is 1.41 Å². The minimum absolute atomic E-state index is 0.0571. The van der Waals surface area contributed by atoms with Crippen LogP contribution in [-0.2, 0) is 5.41 Å². The SMILES string of the molecule is [2H]n1c(C(C)(C)C)nc2cscc21. The lowest BCUT2D eigenvalue weighted by atomic mass is 9.96. The van der Waals surface area contributed by atoms with Crippen molar-refractivity contribution in [2.24, 2.45) is 0 Å². The first-order chi connectivity index (χ1) is 6.00. The van der Waals surface area contributed by atoms with Crippen LogP contribution in [0.25, 0.3) is 11.0 Å². The maximum Gasteiger partial charge on any atom is 0.168 e. The molecule has 0 aliphatic carbocycles. The fourth-order valence-electron chi connectivity index (χ4n) is 1.04. The first-order valence-electron chi connectivity index (χ1n) is 4.39. The summed E-state index contributed by atoms with van der Waals surface area (Å²) in [7, 11) is 0. The zero-order valence-corrected chi connectivity index (χ0v) is 8.27. The lowest BCUT2D eigenvalue weighted by Crippen LogP contribution is -2.12. The highest BCUT2D eigenvalue weighted by Gasteiger charge is 2.17. The molecule has 0 saturated heterocycles. The summed E-state index contributed by atoms with van der Waals surface area (Å²) in [6.45, 7) is 6.22. The van der Waals surface area contributed by atoms with Crippen LogP contribution >= 0.6 is 11.3 Å². The summed E-state index contributed by atoms with van der Waals surface area (Å²) in [5.41, 5.74) is 1.79. The smallest absolute Gasteiger partial charge is 0.168 e. The summed E-state index contributed by atoms with van der Waals surface area (Å²) in [5, 5.41) is 3.94. The highest BCUT2D eigenvalue weighted by molar-refractivity contribution is 7.09. The van der Waals surface area contributed by atoms with Crippen molar-refractivity contribution >= 4 is 22.4 Å². The van der Waals surface area contributed by atoms with Gasteiger partial charge in [-0.25, -0.2) is 4.98 Å². The van der Waals surface area contributed by atoms with Gasteiger partial charge in [0.2, 0.25) is 0 Å². The number of aromatic nitrogens is 2. The number of aromatic amines is 1. The van der Waals surface area contributed by atoms with E-state index in [2.05, 4.69) is 25.8 Å². The molecule has 2 rings (SSSR count). The molecule has 0 amide bonds. The van der Waals surface area contributed by atoms with E-state index in [1.54, 1.807) is 11.3 Å². The summed E-state index contributed by atoms with van der Waals surface area (Å²) in [5.74, 6) is 0.824. The van der Waals surface area contributed by atoms with E-state index in [-0.39, 0.29) is 5.41 Å². The molecule has 0 saturated carbocycles. The van der Waals surface area contributed by atoms with Crippen molar-refractivity contribution in [1.82, 2.24) is 9.96 Å². The molecule has 1 N–H and O–H groups in total. The number of imidazole rings is 1. The molecule has 0 aliphatic rings. The van der Waals surface area contributed by atoms with Gasteiger partial charge in [0.1, 0.15) is 5.82 Å². The van der Waals surface area contributed by atoms with Gasteiger partial charge in [-0.05, 0) is 0 Å². The van der Waals surface area contributed by atoms with Crippen LogP contribution in [0.15, 0.2) is 10.8 Å². The first-order valence-corrected chi connectivity index (χ1v) is 4.89. The van der Waals surface area contributed by atoms with Gasteiger partial charge < -0.3 is 4.98 Å². The lowest BCUT2D eigenvalue weighted by molar-refractivity contribution is 0.554. The molecule has 0 fully saturated rings. The van der Waals surface area contributed by atoms with E-state index in [1.807, 2.05) is 10.8 Å². The molecule has 64 valence electrons. The summed E-state index contributed by atoms with van der Waals surface area (Å²) >= 11 is 1.59. The summed E-state index contributed by atoms with van der Waals surface area (Å²) in [6, 6.07) is 0. The highest BCUT2D eigenvalue weighted by Crippen LogP contribution is 2.23. The molecular weight excluding hydrogens is 168 g/mol. The predicted molar refractivity (Wildman–Crippen MR) is 52.7 cm³/mol. The molecule has 0 aliphatic heterocycles. The number of nitrogens with zero attached hydrogens (tertiary/aromatic N) is 1.